The first-order valence-electron chi connectivity index (χ1n) is 9.09. The minimum atomic E-state index is -3.49. The van der Waals surface area contributed by atoms with Crippen molar-refractivity contribution in [2.75, 3.05) is 13.1 Å². The Kier molecular flexibility index (Phi) is 7.48. The Morgan fingerprint density at radius 2 is 1.75 bits per heavy atom. The van der Waals surface area contributed by atoms with E-state index in [-0.39, 0.29) is 16.6 Å². The zero-order valence-corrected chi connectivity index (χ0v) is 17.1. The van der Waals surface area contributed by atoms with Crippen LogP contribution in [-0.4, -0.2) is 31.7 Å². The second-order valence-electron chi connectivity index (χ2n) is 6.29. The lowest BCUT2D eigenvalue weighted by Gasteiger charge is -2.18. The molecular weight excluding hydrogens is 379 g/mol. The molecule has 2 aromatic carbocycles. The third kappa shape index (κ3) is 5.50. The van der Waals surface area contributed by atoms with Crippen LogP contribution in [-0.2, 0) is 21.4 Å². The molecule has 0 aromatic heterocycles. The van der Waals surface area contributed by atoms with Crippen LogP contribution in [0.15, 0.2) is 53.4 Å². The molecule has 0 bridgehead atoms. The number of carbonyl (C=O) groups is 1. The van der Waals surface area contributed by atoms with Crippen LogP contribution in [0, 0.1) is 12.7 Å². The van der Waals surface area contributed by atoms with Gasteiger partial charge >= 0.3 is 0 Å². The van der Waals surface area contributed by atoms with E-state index in [2.05, 4.69) is 5.32 Å². The first kappa shape index (κ1) is 21.8. The number of amides is 1. The fourth-order valence-electron chi connectivity index (χ4n) is 2.70. The lowest BCUT2D eigenvalue weighted by atomic mass is 10.1. The van der Waals surface area contributed by atoms with Gasteiger partial charge in [0.05, 0.1) is 4.90 Å². The highest BCUT2D eigenvalue weighted by atomic mass is 32.2. The summed E-state index contributed by atoms with van der Waals surface area (Å²) in [5.41, 5.74) is 2.06. The Hall–Kier alpha value is -2.51. The van der Waals surface area contributed by atoms with E-state index < -0.39 is 10.0 Å². The van der Waals surface area contributed by atoms with Gasteiger partial charge in [-0.25, -0.2) is 12.8 Å². The number of nitrogens with zero attached hydrogens (tertiary/aromatic N) is 1. The monoisotopic (exact) mass is 404 g/mol. The molecule has 5 nitrogen and oxygen atoms in total. The summed E-state index contributed by atoms with van der Waals surface area (Å²) in [7, 11) is -3.49. The summed E-state index contributed by atoms with van der Waals surface area (Å²) in [6.07, 6.45) is 2.99. The van der Waals surface area contributed by atoms with E-state index in [1.54, 1.807) is 51.1 Å². The molecule has 0 radical (unpaired) electrons. The average molecular weight is 405 g/mol. The third-order valence-corrected chi connectivity index (χ3v) is 6.40. The molecule has 0 aliphatic carbocycles. The van der Waals surface area contributed by atoms with Crippen molar-refractivity contribution in [2.24, 2.45) is 0 Å². The quantitative estimate of drug-likeness (QED) is 0.685. The number of hydrogen-bond acceptors (Lipinski definition) is 3. The lowest BCUT2D eigenvalue weighted by Crippen LogP contribution is -2.30. The molecule has 150 valence electrons. The predicted molar refractivity (Wildman–Crippen MR) is 109 cm³/mol. The van der Waals surface area contributed by atoms with Crippen molar-refractivity contribution in [3.05, 3.63) is 71.0 Å². The van der Waals surface area contributed by atoms with Crippen LogP contribution >= 0.6 is 0 Å². The standard InChI is InChI=1S/C21H25FN2O3S/c1-4-24(5-2)28(26,27)19-10-6-17(7-11-19)9-13-21(25)23-15-18-8-12-20(22)16(3)14-18/h6-14H,4-5,15H2,1-3H3,(H,23,25)/b13-9+. The van der Waals surface area contributed by atoms with Crippen LogP contribution in [0.4, 0.5) is 4.39 Å². The molecule has 7 heteroatoms. The van der Waals surface area contributed by atoms with Crippen molar-refractivity contribution in [1.82, 2.24) is 9.62 Å². The molecule has 0 fully saturated rings. The first-order chi connectivity index (χ1) is 13.3. The van der Waals surface area contributed by atoms with E-state index in [9.17, 15) is 17.6 Å². The minimum absolute atomic E-state index is 0.226. The highest BCUT2D eigenvalue weighted by molar-refractivity contribution is 7.89. The van der Waals surface area contributed by atoms with Gasteiger partial charge in [0.2, 0.25) is 15.9 Å². The van der Waals surface area contributed by atoms with Crippen molar-refractivity contribution in [3.8, 4) is 0 Å². The van der Waals surface area contributed by atoms with Gasteiger partial charge in [-0.05, 0) is 47.9 Å². The van der Waals surface area contributed by atoms with Crippen molar-refractivity contribution >= 4 is 22.0 Å². The van der Waals surface area contributed by atoms with Crippen LogP contribution in [0.25, 0.3) is 6.08 Å². The van der Waals surface area contributed by atoms with Crippen LogP contribution in [0.2, 0.25) is 0 Å². The summed E-state index contributed by atoms with van der Waals surface area (Å²) >= 11 is 0. The van der Waals surface area contributed by atoms with E-state index in [1.807, 2.05) is 0 Å². The van der Waals surface area contributed by atoms with Crippen molar-refractivity contribution < 1.29 is 17.6 Å². The third-order valence-electron chi connectivity index (χ3n) is 4.34. The Morgan fingerprint density at radius 3 is 2.32 bits per heavy atom. The van der Waals surface area contributed by atoms with Crippen LogP contribution < -0.4 is 5.32 Å². The molecule has 2 aromatic rings. The minimum Gasteiger partial charge on any atom is -0.348 e. The Labute approximate surface area is 165 Å². The first-order valence-corrected chi connectivity index (χ1v) is 10.5. The summed E-state index contributed by atoms with van der Waals surface area (Å²) in [6.45, 7) is 6.38. The summed E-state index contributed by atoms with van der Waals surface area (Å²) in [5.74, 6) is -0.566. The maximum absolute atomic E-state index is 13.3. The van der Waals surface area contributed by atoms with Crippen molar-refractivity contribution in [3.63, 3.8) is 0 Å². The van der Waals surface area contributed by atoms with Crippen molar-refractivity contribution in [1.29, 1.82) is 0 Å². The number of nitrogens with one attached hydrogen (secondary N) is 1. The topological polar surface area (TPSA) is 66.5 Å². The number of sulfonamides is 1. The van der Waals surface area contributed by atoms with Gasteiger partial charge in [0.25, 0.3) is 0 Å². The molecule has 2 rings (SSSR count). The Bertz CT molecular complexity index is 950. The van der Waals surface area contributed by atoms with Gasteiger partial charge < -0.3 is 5.32 Å². The zero-order valence-electron chi connectivity index (χ0n) is 16.3. The van der Waals surface area contributed by atoms with Crippen LogP contribution in [0.3, 0.4) is 0 Å². The normalized spacial score (nSPS) is 11.9. The lowest BCUT2D eigenvalue weighted by molar-refractivity contribution is -0.116. The molecule has 0 atom stereocenters. The molecule has 0 saturated heterocycles. The smallest absolute Gasteiger partial charge is 0.244 e. The number of carbonyl (C=O) groups excluding carboxylic acids is 1. The van der Waals surface area contributed by atoms with Gasteiger partial charge in [0.1, 0.15) is 5.82 Å². The fourth-order valence-corrected chi connectivity index (χ4v) is 4.16. The highest BCUT2D eigenvalue weighted by Crippen LogP contribution is 2.16. The van der Waals surface area contributed by atoms with Crippen LogP contribution in [0.1, 0.15) is 30.5 Å². The van der Waals surface area contributed by atoms with E-state index in [0.29, 0.717) is 30.8 Å². The molecule has 0 aliphatic heterocycles. The number of rotatable bonds is 8. The van der Waals surface area contributed by atoms with Crippen LogP contribution in [0.5, 0.6) is 0 Å². The molecule has 0 unspecified atom stereocenters. The summed E-state index contributed by atoms with van der Waals surface area (Å²) in [4.78, 5) is 12.2. The van der Waals surface area contributed by atoms with Gasteiger partial charge in [-0.2, -0.15) is 4.31 Å². The number of hydrogen-bond donors (Lipinski definition) is 1. The summed E-state index contributed by atoms with van der Waals surface area (Å²) in [6, 6.07) is 11.1. The van der Waals surface area contributed by atoms with E-state index in [4.69, 9.17) is 0 Å². The SMILES string of the molecule is CCN(CC)S(=O)(=O)c1ccc(/C=C/C(=O)NCc2ccc(F)c(C)c2)cc1. The van der Waals surface area contributed by atoms with Crippen molar-refractivity contribution in [2.45, 2.75) is 32.2 Å². The summed E-state index contributed by atoms with van der Waals surface area (Å²) in [5, 5.41) is 2.73. The predicted octanol–water partition coefficient (Wildman–Crippen LogP) is 3.49. The van der Waals surface area contributed by atoms with E-state index in [0.717, 1.165) is 5.56 Å². The average Bonchev–Trinajstić information content (AvgIpc) is 2.68. The second kappa shape index (κ2) is 9.61. The number of benzene rings is 2. The maximum atomic E-state index is 13.3. The van der Waals surface area contributed by atoms with Gasteiger partial charge in [-0.1, -0.05) is 38.1 Å². The molecule has 0 heterocycles. The zero-order chi connectivity index (χ0) is 20.7. The number of halogens is 1. The molecular formula is C21H25FN2O3S. The van der Waals surface area contributed by atoms with E-state index >= 15 is 0 Å². The summed E-state index contributed by atoms with van der Waals surface area (Å²) < 4.78 is 39.6. The van der Waals surface area contributed by atoms with E-state index in [1.165, 1.54) is 28.6 Å². The molecule has 1 N–H and O–H groups in total. The highest BCUT2D eigenvalue weighted by Gasteiger charge is 2.20. The maximum Gasteiger partial charge on any atom is 0.244 e. The Balaban J connectivity index is 1.98. The second-order valence-corrected chi connectivity index (χ2v) is 8.23. The molecule has 1 amide bonds. The van der Waals surface area contributed by atoms with Gasteiger partial charge in [0, 0.05) is 25.7 Å². The van der Waals surface area contributed by atoms with Gasteiger partial charge in [-0.15, -0.1) is 0 Å². The Morgan fingerprint density at radius 1 is 1.11 bits per heavy atom. The van der Waals surface area contributed by atoms with Gasteiger partial charge in [-0.3, -0.25) is 4.79 Å². The molecule has 28 heavy (non-hydrogen) atoms. The fraction of sp³-hybridized carbons (Fsp3) is 0.286. The molecule has 0 saturated carbocycles. The molecule has 0 spiro atoms. The molecule has 0 aliphatic rings. The number of aryl methyl sites for hydroxylation is 1. The largest absolute Gasteiger partial charge is 0.348 e. The van der Waals surface area contributed by atoms with Gasteiger partial charge in [0.15, 0.2) is 0 Å².